The molecule has 0 radical (unpaired) electrons. The highest BCUT2D eigenvalue weighted by Gasteiger charge is 2.05. The Balaban J connectivity index is 1.94. The highest BCUT2D eigenvalue weighted by atomic mass is 15.1. The average Bonchev–Trinajstić information content (AvgIpc) is 2.83. The van der Waals surface area contributed by atoms with Gasteiger partial charge in [0, 0.05) is 11.8 Å². The van der Waals surface area contributed by atoms with Crippen LogP contribution in [0.4, 0.5) is 0 Å². The maximum atomic E-state index is 8.76. The molecule has 3 heteroatoms. The molecule has 0 saturated heterocycles. The molecule has 0 spiro atoms. The van der Waals surface area contributed by atoms with Gasteiger partial charge in [-0.05, 0) is 23.8 Å². The molecule has 3 aromatic rings. The molecular weight excluding hydrogens is 222 g/mol. The number of nitriles is 1. The molecule has 0 amide bonds. The van der Waals surface area contributed by atoms with Crippen molar-refractivity contribution >= 4 is 10.9 Å². The van der Waals surface area contributed by atoms with Crippen LogP contribution in [0.1, 0.15) is 16.8 Å². The summed E-state index contributed by atoms with van der Waals surface area (Å²) >= 11 is 0. The van der Waals surface area contributed by atoms with E-state index in [2.05, 4.69) is 22.3 Å². The van der Waals surface area contributed by atoms with E-state index in [4.69, 9.17) is 5.26 Å². The smallest absolute Gasteiger partial charge is 0.0991 e. The molecule has 0 atom stereocenters. The second kappa shape index (κ2) is 4.34. The molecule has 1 heterocycles. The molecule has 1 N–H and O–H groups in total. The van der Waals surface area contributed by atoms with Crippen LogP contribution < -0.4 is 0 Å². The Kier molecular flexibility index (Phi) is 2.54. The van der Waals surface area contributed by atoms with Gasteiger partial charge in [-0.3, -0.25) is 5.10 Å². The van der Waals surface area contributed by atoms with Gasteiger partial charge >= 0.3 is 0 Å². The van der Waals surface area contributed by atoms with Gasteiger partial charge in [-0.15, -0.1) is 0 Å². The van der Waals surface area contributed by atoms with Crippen LogP contribution in [0.3, 0.4) is 0 Å². The summed E-state index contributed by atoms with van der Waals surface area (Å²) in [7, 11) is 0. The van der Waals surface area contributed by atoms with Gasteiger partial charge in [0.2, 0.25) is 0 Å². The van der Waals surface area contributed by atoms with Gasteiger partial charge in [0.1, 0.15) is 0 Å². The quantitative estimate of drug-likeness (QED) is 0.739. The molecule has 0 unspecified atom stereocenters. The molecule has 3 rings (SSSR count). The summed E-state index contributed by atoms with van der Waals surface area (Å²) in [5.41, 5.74) is 3.94. The van der Waals surface area contributed by atoms with Crippen LogP contribution in [0, 0.1) is 11.3 Å². The lowest BCUT2D eigenvalue weighted by atomic mass is 10.1. The summed E-state index contributed by atoms with van der Waals surface area (Å²) in [6.07, 6.45) is 0.774. The molecule has 0 aliphatic carbocycles. The van der Waals surface area contributed by atoms with Crippen molar-refractivity contribution < 1.29 is 0 Å². The maximum Gasteiger partial charge on any atom is 0.0991 e. The fourth-order valence-corrected chi connectivity index (χ4v) is 2.05. The van der Waals surface area contributed by atoms with E-state index in [9.17, 15) is 0 Å². The van der Waals surface area contributed by atoms with Gasteiger partial charge in [0.15, 0.2) is 0 Å². The van der Waals surface area contributed by atoms with Gasteiger partial charge in [-0.1, -0.05) is 30.3 Å². The Hall–Kier alpha value is -2.60. The van der Waals surface area contributed by atoms with Gasteiger partial charge < -0.3 is 0 Å². The molecule has 0 bridgehead atoms. The van der Waals surface area contributed by atoms with Crippen molar-refractivity contribution in [3.05, 3.63) is 65.4 Å². The van der Waals surface area contributed by atoms with Crippen molar-refractivity contribution in [2.75, 3.05) is 0 Å². The molecule has 1 aromatic heterocycles. The molecule has 0 saturated carbocycles. The molecular formula is C15H11N3. The Morgan fingerprint density at radius 2 is 1.83 bits per heavy atom. The van der Waals surface area contributed by atoms with Crippen molar-refractivity contribution in [2.24, 2.45) is 0 Å². The first-order valence-corrected chi connectivity index (χ1v) is 5.78. The van der Waals surface area contributed by atoms with Crippen LogP contribution >= 0.6 is 0 Å². The monoisotopic (exact) mass is 233 g/mol. The first kappa shape index (κ1) is 10.5. The number of H-pyrrole nitrogens is 1. The highest BCUT2D eigenvalue weighted by molar-refractivity contribution is 5.81. The maximum absolute atomic E-state index is 8.76. The SMILES string of the molecule is N#Cc1ccc(Cc2n[nH]c3ccccc23)cc1. The molecule has 86 valence electrons. The van der Waals surface area contributed by atoms with E-state index in [1.807, 2.05) is 42.5 Å². The van der Waals surface area contributed by atoms with Crippen LogP contribution in [0.15, 0.2) is 48.5 Å². The Morgan fingerprint density at radius 3 is 2.61 bits per heavy atom. The molecule has 3 nitrogen and oxygen atoms in total. The summed E-state index contributed by atoms with van der Waals surface area (Å²) in [6.45, 7) is 0. The summed E-state index contributed by atoms with van der Waals surface area (Å²) in [5.74, 6) is 0. The Morgan fingerprint density at radius 1 is 1.06 bits per heavy atom. The van der Waals surface area contributed by atoms with E-state index >= 15 is 0 Å². The van der Waals surface area contributed by atoms with Gasteiger partial charge in [0.05, 0.1) is 22.8 Å². The van der Waals surface area contributed by atoms with E-state index in [1.54, 1.807) is 0 Å². The van der Waals surface area contributed by atoms with E-state index in [-0.39, 0.29) is 0 Å². The number of nitrogens with one attached hydrogen (secondary N) is 1. The molecule has 0 aliphatic rings. The number of para-hydroxylation sites is 1. The van der Waals surface area contributed by atoms with Crippen LogP contribution in [0.2, 0.25) is 0 Å². The number of fused-ring (bicyclic) bond motifs is 1. The summed E-state index contributed by atoms with van der Waals surface area (Å²) in [4.78, 5) is 0. The second-order valence-corrected chi connectivity index (χ2v) is 4.20. The number of aromatic amines is 1. The summed E-state index contributed by atoms with van der Waals surface area (Å²) in [6, 6.07) is 17.8. The minimum Gasteiger partial charge on any atom is -0.278 e. The number of aromatic nitrogens is 2. The van der Waals surface area contributed by atoms with Gasteiger partial charge in [-0.2, -0.15) is 10.4 Å². The minimum atomic E-state index is 0.686. The number of nitrogens with zero attached hydrogens (tertiary/aromatic N) is 2. The molecule has 0 aliphatic heterocycles. The third kappa shape index (κ3) is 1.85. The van der Waals surface area contributed by atoms with Crippen molar-refractivity contribution in [1.82, 2.24) is 10.2 Å². The van der Waals surface area contributed by atoms with Crippen molar-refractivity contribution in [2.45, 2.75) is 6.42 Å². The fraction of sp³-hybridized carbons (Fsp3) is 0.0667. The van der Waals surface area contributed by atoms with Crippen LogP contribution in [-0.4, -0.2) is 10.2 Å². The lowest BCUT2D eigenvalue weighted by Crippen LogP contribution is -1.89. The standard InChI is InChI=1S/C15H11N3/c16-10-12-7-5-11(6-8-12)9-15-13-3-1-2-4-14(13)17-18-15/h1-8H,9H2,(H,17,18). The Bertz CT molecular complexity index is 717. The topological polar surface area (TPSA) is 52.5 Å². The van der Waals surface area contributed by atoms with E-state index < -0.39 is 0 Å². The Labute approximate surface area is 105 Å². The van der Waals surface area contributed by atoms with Crippen LogP contribution in [0.5, 0.6) is 0 Å². The number of rotatable bonds is 2. The minimum absolute atomic E-state index is 0.686. The number of benzene rings is 2. The number of hydrogen-bond donors (Lipinski definition) is 1. The summed E-state index contributed by atoms with van der Waals surface area (Å²) < 4.78 is 0. The third-order valence-electron chi connectivity index (χ3n) is 3.00. The first-order chi connectivity index (χ1) is 8.86. The molecule has 18 heavy (non-hydrogen) atoms. The van der Waals surface area contributed by atoms with Gasteiger partial charge in [0.25, 0.3) is 0 Å². The van der Waals surface area contributed by atoms with E-state index in [0.29, 0.717) is 5.56 Å². The largest absolute Gasteiger partial charge is 0.278 e. The predicted octanol–water partition coefficient (Wildman–Crippen LogP) is 3.03. The second-order valence-electron chi connectivity index (χ2n) is 4.20. The lowest BCUT2D eigenvalue weighted by molar-refractivity contribution is 1.01. The summed E-state index contributed by atoms with van der Waals surface area (Å²) in [5, 5.41) is 17.3. The zero-order valence-electron chi connectivity index (χ0n) is 9.72. The predicted molar refractivity (Wildman–Crippen MR) is 70.1 cm³/mol. The highest BCUT2D eigenvalue weighted by Crippen LogP contribution is 2.18. The zero-order valence-corrected chi connectivity index (χ0v) is 9.72. The van der Waals surface area contributed by atoms with E-state index in [1.165, 1.54) is 0 Å². The normalized spacial score (nSPS) is 10.4. The van der Waals surface area contributed by atoms with Crippen LogP contribution in [0.25, 0.3) is 10.9 Å². The van der Waals surface area contributed by atoms with E-state index in [0.717, 1.165) is 28.6 Å². The fourth-order valence-electron chi connectivity index (χ4n) is 2.05. The lowest BCUT2D eigenvalue weighted by Gasteiger charge is -1.99. The van der Waals surface area contributed by atoms with Gasteiger partial charge in [-0.25, -0.2) is 0 Å². The third-order valence-corrected chi connectivity index (χ3v) is 3.00. The van der Waals surface area contributed by atoms with Crippen molar-refractivity contribution in [1.29, 1.82) is 5.26 Å². The first-order valence-electron chi connectivity index (χ1n) is 5.78. The molecule has 2 aromatic carbocycles. The zero-order chi connectivity index (χ0) is 12.4. The van der Waals surface area contributed by atoms with Crippen molar-refractivity contribution in [3.63, 3.8) is 0 Å². The number of hydrogen-bond acceptors (Lipinski definition) is 2. The van der Waals surface area contributed by atoms with Crippen molar-refractivity contribution in [3.8, 4) is 6.07 Å². The van der Waals surface area contributed by atoms with Crippen LogP contribution in [-0.2, 0) is 6.42 Å². The molecule has 0 fully saturated rings. The average molecular weight is 233 g/mol.